The van der Waals surface area contributed by atoms with Gasteiger partial charge >= 0.3 is 0 Å². The molecule has 0 radical (unpaired) electrons. The van der Waals surface area contributed by atoms with Crippen LogP contribution in [0.1, 0.15) is 33.1 Å². The van der Waals surface area contributed by atoms with Gasteiger partial charge in [0.1, 0.15) is 0 Å². The summed E-state index contributed by atoms with van der Waals surface area (Å²) >= 11 is 0. The molecule has 1 fully saturated rings. The molecule has 0 amide bonds. The lowest BCUT2D eigenvalue weighted by atomic mass is 10.1. The van der Waals surface area contributed by atoms with Crippen molar-refractivity contribution >= 4 is 0 Å². The van der Waals surface area contributed by atoms with Gasteiger partial charge in [0.15, 0.2) is 0 Å². The lowest BCUT2D eigenvalue weighted by Gasteiger charge is -2.39. The molecule has 0 aromatic rings. The topological polar surface area (TPSA) is 33.7 Å². The van der Waals surface area contributed by atoms with Crippen molar-refractivity contribution in [3.63, 3.8) is 0 Å². The van der Waals surface area contributed by atoms with Gasteiger partial charge in [0.25, 0.3) is 0 Å². The van der Waals surface area contributed by atoms with E-state index in [1.807, 2.05) is 0 Å². The van der Waals surface area contributed by atoms with Crippen LogP contribution in [-0.2, 0) is 9.47 Å². The average Bonchev–Trinajstić information content (AvgIpc) is 2.37. The predicted molar refractivity (Wildman–Crippen MR) is 75.0 cm³/mol. The fraction of sp³-hybridized carbons (Fsp3) is 1.00. The fourth-order valence-corrected chi connectivity index (χ4v) is 2.51. The first-order chi connectivity index (χ1) is 8.77. The molecule has 2 unspecified atom stereocenters. The van der Waals surface area contributed by atoms with Gasteiger partial charge in [-0.1, -0.05) is 13.3 Å². The Balaban J connectivity index is 2.15. The van der Waals surface area contributed by atoms with Crippen LogP contribution in [0.3, 0.4) is 0 Å². The molecule has 0 saturated carbocycles. The minimum Gasteiger partial charge on any atom is -0.385 e. The van der Waals surface area contributed by atoms with Crippen LogP contribution in [0.4, 0.5) is 0 Å². The molecule has 4 heteroatoms. The Kier molecular flexibility index (Phi) is 8.59. The number of hydrogen-bond acceptors (Lipinski definition) is 4. The number of rotatable bonds is 9. The summed E-state index contributed by atoms with van der Waals surface area (Å²) in [6.45, 7) is 10.3. The third-order valence-corrected chi connectivity index (χ3v) is 3.51. The minimum atomic E-state index is 0.603. The van der Waals surface area contributed by atoms with Gasteiger partial charge in [0.2, 0.25) is 0 Å². The van der Waals surface area contributed by atoms with Crippen molar-refractivity contribution in [2.75, 3.05) is 46.6 Å². The van der Waals surface area contributed by atoms with E-state index in [2.05, 4.69) is 24.1 Å². The van der Waals surface area contributed by atoms with Gasteiger partial charge in [-0.3, -0.25) is 4.90 Å². The van der Waals surface area contributed by atoms with E-state index in [9.17, 15) is 0 Å². The summed E-state index contributed by atoms with van der Waals surface area (Å²) in [7, 11) is 1.73. The highest BCUT2D eigenvalue weighted by atomic mass is 16.5. The molecule has 18 heavy (non-hydrogen) atoms. The minimum absolute atomic E-state index is 0.603. The summed E-state index contributed by atoms with van der Waals surface area (Å²) < 4.78 is 10.7. The van der Waals surface area contributed by atoms with Crippen LogP contribution in [0.2, 0.25) is 0 Å². The van der Waals surface area contributed by atoms with Crippen molar-refractivity contribution in [1.29, 1.82) is 0 Å². The van der Waals surface area contributed by atoms with Gasteiger partial charge in [-0.05, 0) is 19.8 Å². The normalized spacial score (nSPS) is 25.5. The zero-order valence-corrected chi connectivity index (χ0v) is 12.3. The highest BCUT2D eigenvalue weighted by molar-refractivity contribution is 4.83. The Morgan fingerprint density at radius 2 is 2.11 bits per heavy atom. The molecule has 1 saturated heterocycles. The molecule has 0 bridgehead atoms. The predicted octanol–water partition coefficient (Wildman–Crippen LogP) is 1.50. The molecule has 1 aliphatic rings. The summed E-state index contributed by atoms with van der Waals surface area (Å²) in [6.07, 6.45) is 3.53. The first-order valence-corrected chi connectivity index (χ1v) is 7.32. The highest BCUT2D eigenvalue weighted by Crippen LogP contribution is 2.11. The summed E-state index contributed by atoms with van der Waals surface area (Å²) in [5.74, 6) is 0. The maximum Gasteiger partial charge on any atom is 0.0593 e. The quantitative estimate of drug-likeness (QED) is 0.636. The van der Waals surface area contributed by atoms with Gasteiger partial charge in [-0.15, -0.1) is 0 Å². The van der Waals surface area contributed by atoms with Crippen molar-refractivity contribution in [1.82, 2.24) is 10.2 Å². The van der Waals surface area contributed by atoms with Crippen LogP contribution in [0.15, 0.2) is 0 Å². The molecular formula is C14H30N2O2. The van der Waals surface area contributed by atoms with Gasteiger partial charge in [-0.25, -0.2) is 0 Å². The number of piperazine rings is 1. The van der Waals surface area contributed by atoms with E-state index in [4.69, 9.17) is 9.47 Å². The number of nitrogens with zero attached hydrogens (tertiary/aromatic N) is 1. The monoisotopic (exact) mass is 258 g/mol. The zero-order chi connectivity index (χ0) is 13.2. The van der Waals surface area contributed by atoms with Gasteiger partial charge in [0.05, 0.1) is 6.61 Å². The Labute approximate surface area is 112 Å². The second-order valence-electron chi connectivity index (χ2n) is 5.21. The van der Waals surface area contributed by atoms with Crippen LogP contribution < -0.4 is 5.32 Å². The second kappa shape index (κ2) is 9.73. The lowest BCUT2D eigenvalue weighted by Crippen LogP contribution is -2.56. The van der Waals surface area contributed by atoms with Crippen LogP contribution in [0, 0.1) is 0 Å². The Bertz CT molecular complexity index is 202. The molecule has 0 aliphatic carbocycles. The zero-order valence-electron chi connectivity index (χ0n) is 12.3. The van der Waals surface area contributed by atoms with Crippen LogP contribution >= 0.6 is 0 Å². The number of ether oxygens (including phenoxy) is 2. The highest BCUT2D eigenvalue weighted by Gasteiger charge is 2.24. The van der Waals surface area contributed by atoms with Gasteiger partial charge in [0, 0.05) is 52.0 Å². The first kappa shape index (κ1) is 15.9. The van der Waals surface area contributed by atoms with Crippen molar-refractivity contribution in [3.8, 4) is 0 Å². The molecular weight excluding hydrogens is 228 g/mol. The van der Waals surface area contributed by atoms with Gasteiger partial charge in [-0.2, -0.15) is 0 Å². The van der Waals surface area contributed by atoms with Crippen LogP contribution in [0.25, 0.3) is 0 Å². The summed E-state index contributed by atoms with van der Waals surface area (Å²) in [5, 5.41) is 3.57. The van der Waals surface area contributed by atoms with E-state index in [0.29, 0.717) is 12.1 Å². The van der Waals surface area contributed by atoms with Crippen molar-refractivity contribution < 1.29 is 9.47 Å². The van der Waals surface area contributed by atoms with Crippen LogP contribution in [0.5, 0.6) is 0 Å². The Hall–Kier alpha value is -0.160. The maximum atomic E-state index is 5.66. The maximum absolute atomic E-state index is 5.66. The first-order valence-electron chi connectivity index (χ1n) is 7.32. The van der Waals surface area contributed by atoms with E-state index < -0.39 is 0 Å². The van der Waals surface area contributed by atoms with E-state index in [1.54, 1.807) is 7.11 Å². The summed E-state index contributed by atoms with van der Waals surface area (Å²) in [5.41, 5.74) is 0. The fourth-order valence-electron chi connectivity index (χ4n) is 2.51. The SMILES string of the molecule is CCCC1CNC(C)CN1CCOCCCOC. The number of hydrogen-bond donors (Lipinski definition) is 1. The molecule has 1 heterocycles. The second-order valence-corrected chi connectivity index (χ2v) is 5.21. The van der Waals surface area contributed by atoms with E-state index in [0.717, 1.165) is 45.9 Å². The van der Waals surface area contributed by atoms with Crippen molar-refractivity contribution in [2.45, 2.75) is 45.2 Å². The molecule has 0 aromatic heterocycles. The molecule has 0 spiro atoms. The smallest absolute Gasteiger partial charge is 0.0593 e. The molecule has 1 aliphatic heterocycles. The molecule has 0 aromatic carbocycles. The van der Waals surface area contributed by atoms with Crippen LogP contribution in [-0.4, -0.2) is 63.5 Å². The van der Waals surface area contributed by atoms with Gasteiger partial charge < -0.3 is 14.8 Å². The molecule has 4 nitrogen and oxygen atoms in total. The number of methoxy groups -OCH3 is 1. The third kappa shape index (κ3) is 6.14. The standard InChI is InChI=1S/C14H30N2O2/c1-4-6-14-11-15-13(2)12-16(14)7-10-18-9-5-8-17-3/h13-15H,4-12H2,1-3H3. The number of nitrogens with one attached hydrogen (secondary N) is 1. The van der Waals surface area contributed by atoms with E-state index in [-0.39, 0.29) is 0 Å². The molecule has 1 rings (SSSR count). The van der Waals surface area contributed by atoms with E-state index >= 15 is 0 Å². The van der Waals surface area contributed by atoms with Crippen molar-refractivity contribution in [2.24, 2.45) is 0 Å². The molecule has 2 atom stereocenters. The van der Waals surface area contributed by atoms with Crippen molar-refractivity contribution in [3.05, 3.63) is 0 Å². The Morgan fingerprint density at radius 3 is 2.83 bits per heavy atom. The summed E-state index contributed by atoms with van der Waals surface area (Å²) in [6, 6.07) is 1.29. The molecule has 1 N–H and O–H groups in total. The Morgan fingerprint density at radius 1 is 1.28 bits per heavy atom. The summed E-state index contributed by atoms with van der Waals surface area (Å²) in [4.78, 5) is 2.58. The largest absolute Gasteiger partial charge is 0.385 e. The molecule has 108 valence electrons. The average molecular weight is 258 g/mol. The lowest BCUT2D eigenvalue weighted by molar-refractivity contribution is 0.0557. The van der Waals surface area contributed by atoms with E-state index in [1.165, 1.54) is 12.8 Å². The third-order valence-electron chi connectivity index (χ3n) is 3.51.